The average molecular weight is 378 g/mol. The highest BCUT2D eigenvalue weighted by Crippen LogP contribution is 2.26. The molecule has 0 saturated carbocycles. The number of carbonyl (C=O) groups excluding carboxylic acids is 1. The molecule has 0 spiro atoms. The van der Waals surface area contributed by atoms with Crippen molar-refractivity contribution in [2.45, 2.75) is 0 Å². The average Bonchev–Trinajstić information content (AvgIpc) is 3.11. The lowest BCUT2D eigenvalue weighted by Crippen LogP contribution is -2.05. The molecule has 1 N–H and O–H groups in total. The summed E-state index contributed by atoms with van der Waals surface area (Å²) in [5, 5.41) is 25.1. The van der Waals surface area contributed by atoms with Crippen molar-refractivity contribution in [1.82, 2.24) is 14.6 Å². The van der Waals surface area contributed by atoms with Gasteiger partial charge < -0.3 is 5.11 Å². The molecule has 0 saturated heterocycles. The first-order valence-electron chi connectivity index (χ1n) is 8.06. The highest BCUT2D eigenvalue weighted by atomic mass is 19.1. The van der Waals surface area contributed by atoms with Crippen LogP contribution in [0.5, 0.6) is 5.75 Å². The molecule has 2 heterocycles. The number of hydrogen-bond acceptors (Lipinski definition) is 6. The number of aromatic nitrogens is 3. The number of halogens is 1. The maximum Gasteiger partial charge on any atom is 0.270 e. The summed E-state index contributed by atoms with van der Waals surface area (Å²) < 4.78 is 14.8. The largest absolute Gasteiger partial charge is 0.507 e. The number of hydrogen-bond donors (Lipinski definition) is 1. The summed E-state index contributed by atoms with van der Waals surface area (Å²) in [5.41, 5.74) is 0.997. The molecule has 4 rings (SSSR count). The van der Waals surface area contributed by atoms with Gasteiger partial charge in [-0.2, -0.15) is 5.10 Å². The van der Waals surface area contributed by atoms with Crippen LogP contribution in [-0.4, -0.2) is 30.4 Å². The van der Waals surface area contributed by atoms with E-state index in [1.165, 1.54) is 29.0 Å². The van der Waals surface area contributed by atoms with Gasteiger partial charge in [-0.3, -0.25) is 14.9 Å². The SMILES string of the molecule is O=C(c1cnc2cc(-c3cccc(F)c3)nn2c1)c1cc([N+](=O)[O-])ccc1O. The molecule has 4 aromatic rings. The summed E-state index contributed by atoms with van der Waals surface area (Å²) in [7, 11) is 0. The Morgan fingerprint density at radius 2 is 2.00 bits per heavy atom. The molecule has 0 aliphatic heterocycles. The van der Waals surface area contributed by atoms with Crippen LogP contribution in [0.25, 0.3) is 16.9 Å². The number of nitro groups is 1. The van der Waals surface area contributed by atoms with Crippen molar-refractivity contribution in [3.63, 3.8) is 0 Å². The smallest absolute Gasteiger partial charge is 0.270 e. The zero-order valence-electron chi connectivity index (χ0n) is 14.1. The van der Waals surface area contributed by atoms with Crippen LogP contribution in [0.4, 0.5) is 10.1 Å². The molecule has 0 fully saturated rings. The van der Waals surface area contributed by atoms with Crippen LogP contribution < -0.4 is 0 Å². The summed E-state index contributed by atoms with van der Waals surface area (Å²) in [5.74, 6) is -1.42. The summed E-state index contributed by atoms with van der Waals surface area (Å²) in [4.78, 5) is 27.1. The van der Waals surface area contributed by atoms with E-state index in [4.69, 9.17) is 0 Å². The Labute approximate surface area is 156 Å². The molecule has 0 bridgehead atoms. The number of phenols is 1. The van der Waals surface area contributed by atoms with Crippen LogP contribution in [-0.2, 0) is 0 Å². The zero-order chi connectivity index (χ0) is 19.8. The maximum atomic E-state index is 13.4. The number of aromatic hydroxyl groups is 1. The number of non-ortho nitro benzene ring substituents is 1. The molecular weight excluding hydrogens is 367 g/mol. The predicted molar refractivity (Wildman–Crippen MR) is 96.6 cm³/mol. The highest BCUT2D eigenvalue weighted by Gasteiger charge is 2.19. The first-order valence-corrected chi connectivity index (χ1v) is 8.06. The lowest BCUT2D eigenvalue weighted by molar-refractivity contribution is -0.384. The molecular formula is C19H11FN4O4. The second-order valence-corrected chi connectivity index (χ2v) is 5.97. The van der Waals surface area contributed by atoms with E-state index in [-0.39, 0.29) is 22.6 Å². The van der Waals surface area contributed by atoms with E-state index in [1.54, 1.807) is 18.2 Å². The Morgan fingerprint density at radius 3 is 2.75 bits per heavy atom. The molecule has 0 amide bonds. The van der Waals surface area contributed by atoms with Crippen molar-refractivity contribution in [3.05, 3.63) is 88.0 Å². The number of nitrogens with zero attached hydrogens (tertiary/aromatic N) is 4. The Kier molecular flexibility index (Phi) is 4.04. The van der Waals surface area contributed by atoms with Gasteiger partial charge in [0.1, 0.15) is 11.6 Å². The number of fused-ring (bicyclic) bond motifs is 1. The van der Waals surface area contributed by atoms with Gasteiger partial charge in [-0.15, -0.1) is 0 Å². The number of carbonyl (C=O) groups is 1. The van der Waals surface area contributed by atoms with E-state index in [1.807, 2.05) is 0 Å². The highest BCUT2D eigenvalue weighted by molar-refractivity contribution is 6.10. The van der Waals surface area contributed by atoms with E-state index in [2.05, 4.69) is 10.1 Å². The summed E-state index contributed by atoms with van der Waals surface area (Å²) >= 11 is 0. The fourth-order valence-corrected chi connectivity index (χ4v) is 2.76. The van der Waals surface area contributed by atoms with Crippen LogP contribution in [0.15, 0.2) is 60.9 Å². The number of ketones is 1. The van der Waals surface area contributed by atoms with Crippen LogP contribution in [0.3, 0.4) is 0 Å². The Bertz CT molecular complexity index is 1250. The molecule has 138 valence electrons. The molecule has 8 nitrogen and oxygen atoms in total. The molecule has 28 heavy (non-hydrogen) atoms. The molecule has 2 aromatic heterocycles. The lowest BCUT2D eigenvalue weighted by atomic mass is 10.0. The second-order valence-electron chi connectivity index (χ2n) is 5.97. The van der Waals surface area contributed by atoms with Gasteiger partial charge in [0.2, 0.25) is 0 Å². The van der Waals surface area contributed by atoms with Gasteiger partial charge in [-0.25, -0.2) is 13.9 Å². The normalized spacial score (nSPS) is 10.9. The van der Waals surface area contributed by atoms with Gasteiger partial charge >= 0.3 is 0 Å². The zero-order valence-corrected chi connectivity index (χ0v) is 14.1. The van der Waals surface area contributed by atoms with Gasteiger partial charge in [-0.05, 0) is 18.2 Å². The summed E-state index contributed by atoms with van der Waals surface area (Å²) in [6.07, 6.45) is 2.68. The van der Waals surface area contributed by atoms with Gasteiger partial charge in [-0.1, -0.05) is 12.1 Å². The standard InChI is InChI=1S/C19H11FN4O4/c20-13-3-1-2-11(6-13)16-8-18-21-9-12(10-23(18)22-16)19(26)15-7-14(24(27)28)4-5-17(15)25/h1-10,25H. The van der Waals surface area contributed by atoms with E-state index in [0.717, 1.165) is 18.2 Å². The van der Waals surface area contributed by atoms with Crippen LogP contribution >= 0.6 is 0 Å². The maximum absolute atomic E-state index is 13.4. The molecule has 0 atom stereocenters. The third-order valence-electron chi connectivity index (χ3n) is 4.13. The van der Waals surface area contributed by atoms with Gasteiger partial charge in [0.15, 0.2) is 11.4 Å². The second kappa shape index (κ2) is 6.54. The third-order valence-corrected chi connectivity index (χ3v) is 4.13. The number of benzene rings is 2. The number of nitro benzene ring substituents is 1. The van der Waals surface area contributed by atoms with E-state index < -0.39 is 16.5 Å². The Hall–Kier alpha value is -4.14. The van der Waals surface area contributed by atoms with E-state index >= 15 is 0 Å². The fourth-order valence-electron chi connectivity index (χ4n) is 2.76. The molecule has 9 heteroatoms. The molecule has 0 radical (unpaired) electrons. The van der Waals surface area contributed by atoms with Crippen LogP contribution in [0, 0.1) is 15.9 Å². The van der Waals surface area contributed by atoms with Crippen molar-refractivity contribution in [2.24, 2.45) is 0 Å². The minimum absolute atomic E-state index is 0.0807. The van der Waals surface area contributed by atoms with Gasteiger partial charge in [0.25, 0.3) is 5.69 Å². The molecule has 0 aliphatic carbocycles. The van der Waals surface area contributed by atoms with Crippen molar-refractivity contribution in [2.75, 3.05) is 0 Å². The minimum atomic E-state index is -0.656. The van der Waals surface area contributed by atoms with Crippen LogP contribution in [0.1, 0.15) is 15.9 Å². The first-order chi connectivity index (χ1) is 13.4. The van der Waals surface area contributed by atoms with E-state index in [9.17, 15) is 24.4 Å². The quantitative estimate of drug-likeness (QED) is 0.331. The topological polar surface area (TPSA) is 111 Å². The Balaban J connectivity index is 1.75. The van der Waals surface area contributed by atoms with Crippen molar-refractivity contribution in [1.29, 1.82) is 0 Å². The minimum Gasteiger partial charge on any atom is -0.507 e. The lowest BCUT2D eigenvalue weighted by Gasteiger charge is -2.04. The third kappa shape index (κ3) is 3.05. The number of rotatable bonds is 4. The van der Waals surface area contributed by atoms with Crippen molar-refractivity contribution < 1.29 is 19.2 Å². The van der Waals surface area contributed by atoms with E-state index in [0.29, 0.717) is 16.9 Å². The van der Waals surface area contributed by atoms with Crippen LogP contribution in [0.2, 0.25) is 0 Å². The summed E-state index contributed by atoms with van der Waals surface area (Å²) in [6, 6.07) is 10.7. The van der Waals surface area contributed by atoms with Gasteiger partial charge in [0.05, 0.1) is 21.7 Å². The molecule has 0 aliphatic rings. The summed E-state index contributed by atoms with van der Waals surface area (Å²) in [6.45, 7) is 0. The predicted octanol–water partition coefficient (Wildman–Crippen LogP) is 3.38. The fraction of sp³-hybridized carbons (Fsp3) is 0. The molecule has 2 aromatic carbocycles. The van der Waals surface area contributed by atoms with Gasteiger partial charge in [0, 0.05) is 36.2 Å². The van der Waals surface area contributed by atoms with Crippen molar-refractivity contribution in [3.8, 4) is 17.0 Å². The first kappa shape index (κ1) is 17.3. The Morgan fingerprint density at radius 1 is 1.18 bits per heavy atom. The monoisotopic (exact) mass is 378 g/mol. The van der Waals surface area contributed by atoms with Crippen molar-refractivity contribution >= 4 is 17.1 Å². The number of phenolic OH excluding ortho intramolecular Hbond substituents is 1. The molecule has 0 unspecified atom stereocenters.